The van der Waals surface area contributed by atoms with Crippen LogP contribution in [0.15, 0.2) is 53.4 Å². The third kappa shape index (κ3) is 2.72. The van der Waals surface area contributed by atoms with E-state index in [0.29, 0.717) is 16.7 Å². The Balaban J connectivity index is 2.74. The average Bonchev–Trinajstić information content (AvgIpc) is 2.45. The summed E-state index contributed by atoms with van der Waals surface area (Å²) < 4.78 is 23.8. The van der Waals surface area contributed by atoms with Crippen LogP contribution in [0, 0.1) is 0 Å². The molecule has 5 heteroatoms. The molecule has 0 aromatic heterocycles. The predicted molar refractivity (Wildman–Crippen MR) is 78.4 cm³/mol. The van der Waals surface area contributed by atoms with E-state index in [-0.39, 0.29) is 10.8 Å². The lowest BCUT2D eigenvalue weighted by molar-refractivity contribution is 0.0963. The van der Waals surface area contributed by atoms with Gasteiger partial charge in [-0.1, -0.05) is 36.4 Å². The fourth-order valence-corrected chi connectivity index (χ4v) is 2.97. The van der Waals surface area contributed by atoms with Crippen molar-refractivity contribution >= 4 is 15.7 Å². The van der Waals surface area contributed by atoms with Crippen molar-refractivity contribution < 1.29 is 13.2 Å². The number of carbonyl (C=O) groups excluding carboxylic acids is 1. The van der Waals surface area contributed by atoms with Crippen LogP contribution < -0.4 is 5.32 Å². The normalized spacial score (nSPS) is 11.1. The molecule has 104 valence electrons. The lowest BCUT2D eigenvalue weighted by Gasteiger charge is -2.12. The molecule has 20 heavy (non-hydrogen) atoms. The summed E-state index contributed by atoms with van der Waals surface area (Å²) in [5.41, 5.74) is 1.59. The second-order valence-electron chi connectivity index (χ2n) is 4.39. The maximum atomic E-state index is 11.9. The molecule has 0 saturated carbocycles. The topological polar surface area (TPSA) is 63.2 Å². The van der Waals surface area contributed by atoms with Gasteiger partial charge >= 0.3 is 0 Å². The zero-order valence-corrected chi connectivity index (χ0v) is 12.1. The van der Waals surface area contributed by atoms with Gasteiger partial charge in [-0.25, -0.2) is 8.42 Å². The Hall–Kier alpha value is -2.14. The molecule has 0 heterocycles. The molecule has 0 aliphatic heterocycles. The van der Waals surface area contributed by atoms with Gasteiger partial charge in [0, 0.05) is 24.4 Å². The van der Waals surface area contributed by atoms with Crippen LogP contribution in [0.2, 0.25) is 0 Å². The standard InChI is InChI=1S/C15H15NO3S/c1-16-15(17)13-9-4-3-7-11(13)12-8-5-6-10-14(12)20(2,18)19/h3-10H,1-2H3,(H,16,17). The third-order valence-electron chi connectivity index (χ3n) is 2.98. The molecule has 2 aromatic carbocycles. The molecule has 2 rings (SSSR count). The summed E-state index contributed by atoms with van der Waals surface area (Å²) in [6, 6.07) is 13.6. The Bertz CT molecular complexity index is 751. The van der Waals surface area contributed by atoms with Crippen LogP contribution in [0.4, 0.5) is 0 Å². The number of benzene rings is 2. The lowest BCUT2D eigenvalue weighted by atomic mass is 9.99. The molecule has 1 N–H and O–H groups in total. The Morgan fingerprint density at radius 2 is 1.50 bits per heavy atom. The monoisotopic (exact) mass is 289 g/mol. The molecule has 4 nitrogen and oxygen atoms in total. The van der Waals surface area contributed by atoms with E-state index in [9.17, 15) is 13.2 Å². The number of amides is 1. The van der Waals surface area contributed by atoms with Crippen LogP contribution in [-0.2, 0) is 9.84 Å². The highest BCUT2D eigenvalue weighted by atomic mass is 32.2. The van der Waals surface area contributed by atoms with Crippen molar-refractivity contribution in [3.63, 3.8) is 0 Å². The van der Waals surface area contributed by atoms with Crippen molar-refractivity contribution in [1.82, 2.24) is 5.32 Å². The number of rotatable bonds is 3. The number of sulfone groups is 1. The molecule has 0 bridgehead atoms. The van der Waals surface area contributed by atoms with E-state index in [1.54, 1.807) is 55.6 Å². The third-order valence-corrected chi connectivity index (χ3v) is 4.13. The Morgan fingerprint density at radius 1 is 0.950 bits per heavy atom. The van der Waals surface area contributed by atoms with E-state index < -0.39 is 9.84 Å². The first-order chi connectivity index (χ1) is 9.45. The summed E-state index contributed by atoms with van der Waals surface area (Å²) in [5.74, 6) is -0.246. The molecule has 0 aliphatic rings. The summed E-state index contributed by atoms with van der Waals surface area (Å²) in [4.78, 5) is 12.1. The maximum Gasteiger partial charge on any atom is 0.251 e. The lowest BCUT2D eigenvalue weighted by Crippen LogP contribution is -2.18. The van der Waals surface area contributed by atoms with Gasteiger partial charge < -0.3 is 5.32 Å². The van der Waals surface area contributed by atoms with Crippen LogP contribution in [0.5, 0.6) is 0 Å². The van der Waals surface area contributed by atoms with Crippen molar-refractivity contribution in [3.05, 3.63) is 54.1 Å². The molecule has 0 radical (unpaired) electrons. The second kappa shape index (κ2) is 5.46. The quantitative estimate of drug-likeness (QED) is 0.941. The zero-order valence-electron chi connectivity index (χ0n) is 11.3. The van der Waals surface area contributed by atoms with Crippen LogP contribution in [0.25, 0.3) is 11.1 Å². The summed E-state index contributed by atoms with van der Waals surface area (Å²) >= 11 is 0. The molecule has 0 saturated heterocycles. The van der Waals surface area contributed by atoms with Gasteiger partial charge in [-0.3, -0.25) is 4.79 Å². The van der Waals surface area contributed by atoms with Gasteiger partial charge in [-0.15, -0.1) is 0 Å². The smallest absolute Gasteiger partial charge is 0.251 e. The van der Waals surface area contributed by atoms with Crippen molar-refractivity contribution in [1.29, 1.82) is 0 Å². The minimum absolute atomic E-state index is 0.219. The van der Waals surface area contributed by atoms with E-state index in [0.717, 1.165) is 6.26 Å². The van der Waals surface area contributed by atoms with Crippen LogP contribution in [0.3, 0.4) is 0 Å². The molecule has 0 fully saturated rings. The van der Waals surface area contributed by atoms with Gasteiger partial charge in [0.05, 0.1) is 4.90 Å². The van der Waals surface area contributed by atoms with Gasteiger partial charge in [-0.05, 0) is 17.7 Å². The Kier molecular flexibility index (Phi) is 3.90. The predicted octanol–water partition coefficient (Wildman–Crippen LogP) is 2.12. The maximum absolute atomic E-state index is 11.9. The number of nitrogens with one attached hydrogen (secondary N) is 1. The van der Waals surface area contributed by atoms with Crippen LogP contribution in [-0.4, -0.2) is 27.6 Å². The van der Waals surface area contributed by atoms with E-state index in [2.05, 4.69) is 5.32 Å². The minimum Gasteiger partial charge on any atom is -0.355 e. The first kappa shape index (κ1) is 14.3. The molecular formula is C15H15NO3S. The second-order valence-corrected chi connectivity index (χ2v) is 6.38. The summed E-state index contributed by atoms with van der Waals surface area (Å²) in [6.45, 7) is 0. The van der Waals surface area contributed by atoms with Gasteiger partial charge in [-0.2, -0.15) is 0 Å². The van der Waals surface area contributed by atoms with Crippen molar-refractivity contribution in [2.75, 3.05) is 13.3 Å². The molecule has 0 spiro atoms. The van der Waals surface area contributed by atoms with E-state index in [1.807, 2.05) is 0 Å². The van der Waals surface area contributed by atoms with E-state index in [1.165, 1.54) is 0 Å². The fourth-order valence-electron chi connectivity index (χ4n) is 2.06. The highest BCUT2D eigenvalue weighted by Gasteiger charge is 2.18. The first-order valence-corrected chi connectivity index (χ1v) is 7.95. The van der Waals surface area contributed by atoms with E-state index >= 15 is 0 Å². The van der Waals surface area contributed by atoms with Gasteiger partial charge in [0.15, 0.2) is 9.84 Å². The molecule has 0 atom stereocenters. The molecule has 0 aliphatic carbocycles. The minimum atomic E-state index is -3.36. The molecule has 0 unspecified atom stereocenters. The summed E-state index contributed by atoms with van der Waals surface area (Å²) in [5, 5.41) is 2.56. The van der Waals surface area contributed by atoms with Crippen molar-refractivity contribution in [2.45, 2.75) is 4.90 Å². The Labute approximate surface area is 118 Å². The molecule has 1 amide bonds. The van der Waals surface area contributed by atoms with Crippen molar-refractivity contribution in [2.24, 2.45) is 0 Å². The molecule has 2 aromatic rings. The fraction of sp³-hybridized carbons (Fsp3) is 0.133. The number of carbonyl (C=O) groups is 1. The average molecular weight is 289 g/mol. The summed E-state index contributed by atoms with van der Waals surface area (Å²) in [6.07, 6.45) is 1.16. The number of hydrogen-bond acceptors (Lipinski definition) is 3. The highest BCUT2D eigenvalue weighted by molar-refractivity contribution is 7.90. The zero-order chi connectivity index (χ0) is 14.8. The van der Waals surface area contributed by atoms with Crippen LogP contribution >= 0.6 is 0 Å². The highest BCUT2D eigenvalue weighted by Crippen LogP contribution is 2.29. The largest absolute Gasteiger partial charge is 0.355 e. The van der Waals surface area contributed by atoms with Gasteiger partial charge in [0.2, 0.25) is 0 Å². The van der Waals surface area contributed by atoms with E-state index in [4.69, 9.17) is 0 Å². The SMILES string of the molecule is CNC(=O)c1ccccc1-c1ccccc1S(C)(=O)=O. The van der Waals surface area contributed by atoms with Crippen molar-refractivity contribution in [3.8, 4) is 11.1 Å². The Morgan fingerprint density at radius 3 is 2.10 bits per heavy atom. The van der Waals surface area contributed by atoms with Crippen LogP contribution in [0.1, 0.15) is 10.4 Å². The summed E-state index contributed by atoms with van der Waals surface area (Å²) in [7, 11) is -1.82. The van der Waals surface area contributed by atoms with Gasteiger partial charge in [0.1, 0.15) is 0 Å². The molecular weight excluding hydrogens is 274 g/mol. The number of hydrogen-bond donors (Lipinski definition) is 1. The van der Waals surface area contributed by atoms with Gasteiger partial charge in [0.25, 0.3) is 5.91 Å². The first-order valence-electron chi connectivity index (χ1n) is 6.05.